The normalized spacial score (nSPS) is 24.4. The zero-order chi connectivity index (χ0) is 13.5. The number of hydrogen-bond acceptors (Lipinski definition) is 2. The van der Waals surface area contributed by atoms with E-state index in [-0.39, 0.29) is 0 Å². The Kier molecular flexibility index (Phi) is 5.84. The lowest BCUT2D eigenvalue weighted by Crippen LogP contribution is -2.29. The highest BCUT2D eigenvalue weighted by molar-refractivity contribution is 5.16. The average Bonchev–Trinajstić information content (AvgIpc) is 2.65. The van der Waals surface area contributed by atoms with Crippen LogP contribution in [0.25, 0.3) is 0 Å². The molecular formula is C17H28N2. The fraction of sp³-hybridized carbons (Fsp3) is 0.706. The second-order valence-electron chi connectivity index (χ2n) is 6.34. The summed E-state index contributed by atoms with van der Waals surface area (Å²) in [5, 5.41) is 3.66. The molecule has 1 aliphatic carbocycles. The van der Waals surface area contributed by atoms with Crippen LogP contribution in [0.1, 0.15) is 57.4 Å². The molecule has 1 heterocycles. The SMILES string of the molecule is CC(C)CNCC1CCCCCC1c1cccnc1. The molecule has 0 spiro atoms. The fourth-order valence-corrected chi connectivity index (χ4v) is 3.22. The predicted octanol–water partition coefficient (Wildman–Crippen LogP) is 3.99. The van der Waals surface area contributed by atoms with Gasteiger partial charge in [-0.2, -0.15) is 0 Å². The third-order valence-electron chi connectivity index (χ3n) is 4.23. The van der Waals surface area contributed by atoms with Gasteiger partial charge in [0.2, 0.25) is 0 Å². The molecule has 0 aliphatic heterocycles. The van der Waals surface area contributed by atoms with E-state index in [1.165, 1.54) is 37.7 Å². The molecule has 2 rings (SSSR count). The van der Waals surface area contributed by atoms with Gasteiger partial charge in [0.05, 0.1) is 0 Å². The van der Waals surface area contributed by atoms with Gasteiger partial charge in [-0.3, -0.25) is 4.98 Å². The molecule has 1 aliphatic rings. The predicted molar refractivity (Wildman–Crippen MR) is 81.3 cm³/mol. The highest BCUT2D eigenvalue weighted by atomic mass is 14.9. The van der Waals surface area contributed by atoms with Crippen molar-refractivity contribution in [3.8, 4) is 0 Å². The molecule has 1 N–H and O–H groups in total. The van der Waals surface area contributed by atoms with Crippen LogP contribution < -0.4 is 5.32 Å². The van der Waals surface area contributed by atoms with Crippen molar-refractivity contribution in [1.29, 1.82) is 0 Å². The fourth-order valence-electron chi connectivity index (χ4n) is 3.22. The van der Waals surface area contributed by atoms with Gasteiger partial charge in [0.15, 0.2) is 0 Å². The van der Waals surface area contributed by atoms with Crippen molar-refractivity contribution >= 4 is 0 Å². The number of nitrogens with one attached hydrogen (secondary N) is 1. The summed E-state index contributed by atoms with van der Waals surface area (Å²) in [6, 6.07) is 4.34. The van der Waals surface area contributed by atoms with Crippen molar-refractivity contribution < 1.29 is 0 Å². The first-order chi connectivity index (χ1) is 9.27. The molecule has 1 aromatic heterocycles. The van der Waals surface area contributed by atoms with Gasteiger partial charge in [0.25, 0.3) is 0 Å². The van der Waals surface area contributed by atoms with Crippen LogP contribution in [0.15, 0.2) is 24.5 Å². The van der Waals surface area contributed by atoms with Crippen molar-refractivity contribution in [3.63, 3.8) is 0 Å². The van der Waals surface area contributed by atoms with Crippen LogP contribution in [0.5, 0.6) is 0 Å². The van der Waals surface area contributed by atoms with E-state index >= 15 is 0 Å². The lowest BCUT2D eigenvalue weighted by atomic mass is 9.83. The third kappa shape index (κ3) is 4.61. The molecule has 0 radical (unpaired) electrons. The van der Waals surface area contributed by atoms with Crippen LogP contribution in [-0.2, 0) is 0 Å². The monoisotopic (exact) mass is 260 g/mol. The maximum absolute atomic E-state index is 4.31. The van der Waals surface area contributed by atoms with Crippen molar-refractivity contribution in [2.75, 3.05) is 13.1 Å². The Balaban J connectivity index is 1.99. The summed E-state index contributed by atoms with van der Waals surface area (Å²) in [5.74, 6) is 2.23. The number of rotatable bonds is 5. The van der Waals surface area contributed by atoms with Crippen LogP contribution in [0.3, 0.4) is 0 Å². The zero-order valence-electron chi connectivity index (χ0n) is 12.4. The Morgan fingerprint density at radius 2 is 2.11 bits per heavy atom. The number of nitrogens with zero attached hydrogens (tertiary/aromatic N) is 1. The molecule has 2 atom stereocenters. The van der Waals surface area contributed by atoms with Gasteiger partial charge >= 0.3 is 0 Å². The molecule has 0 saturated heterocycles. The van der Waals surface area contributed by atoms with Crippen LogP contribution >= 0.6 is 0 Å². The summed E-state index contributed by atoms with van der Waals surface area (Å²) in [6.45, 7) is 6.85. The summed E-state index contributed by atoms with van der Waals surface area (Å²) in [5.41, 5.74) is 1.45. The lowest BCUT2D eigenvalue weighted by Gasteiger charge is -2.26. The first-order valence-corrected chi connectivity index (χ1v) is 7.88. The van der Waals surface area contributed by atoms with E-state index < -0.39 is 0 Å². The van der Waals surface area contributed by atoms with Crippen molar-refractivity contribution in [3.05, 3.63) is 30.1 Å². The van der Waals surface area contributed by atoms with Crippen molar-refractivity contribution in [2.24, 2.45) is 11.8 Å². The highest BCUT2D eigenvalue weighted by Crippen LogP contribution is 2.35. The first kappa shape index (κ1) is 14.5. The van der Waals surface area contributed by atoms with E-state index in [2.05, 4.69) is 42.5 Å². The minimum Gasteiger partial charge on any atom is -0.316 e. The van der Waals surface area contributed by atoms with Crippen molar-refractivity contribution in [2.45, 2.75) is 51.9 Å². The van der Waals surface area contributed by atoms with E-state index in [1.54, 1.807) is 0 Å². The Morgan fingerprint density at radius 3 is 2.84 bits per heavy atom. The van der Waals surface area contributed by atoms with Crippen LogP contribution in [-0.4, -0.2) is 18.1 Å². The minimum atomic E-state index is 0.705. The van der Waals surface area contributed by atoms with E-state index in [0.717, 1.165) is 24.9 Å². The lowest BCUT2D eigenvalue weighted by molar-refractivity contribution is 0.366. The molecule has 2 nitrogen and oxygen atoms in total. The van der Waals surface area contributed by atoms with E-state index in [9.17, 15) is 0 Å². The molecule has 0 amide bonds. The van der Waals surface area contributed by atoms with Gasteiger partial charge in [0.1, 0.15) is 0 Å². The van der Waals surface area contributed by atoms with Crippen LogP contribution in [0, 0.1) is 11.8 Å². The van der Waals surface area contributed by atoms with Gasteiger partial charge < -0.3 is 5.32 Å². The maximum atomic E-state index is 4.31. The van der Waals surface area contributed by atoms with Crippen LogP contribution in [0.4, 0.5) is 0 Å². The summed E-state index contributed by atoms with van der Waals surface area (Å²) in [4.78, 5) is 4.31. The second-order valence-corrected chi connectivity index (χ2v) is 6.34. The van der Waals surface area contributed by atoms with E-state index in [1.807, 2.05) is 6.20 Å². The topological polar surface area (TPSA) is 24.9 Å². The maximum Gasteiger partial charge on any atom is 0.0302 e. The van der Waals surface area contributed by atoms with E-state index in [4.69, 9.17) is 0 Å². The minimum absolute atomic E-state index is 0.705. The van der Waals surface area contributed by atoms with Crippen LogP contribution in [0.2, 0.25) is 0 Å². The summed E-state index contributed by atoms with van der Waals surface area (Å²) >= 11 is 0. The van der Waals surface area contributed by atoms with Crippen molar-refractivity contribution in [1.82, 2.24) is 10.3 Å². The Hall–Kier alpha value is -0.890. The summed E-state index contributed by atoms with van der Waals surface area (Å²) in [7, 11) is 0. The third-order valence-corrected chi connectivity index (χ3v) is 4.23. The molecule has 1 saturated carbocycles. The number of hydrogen-bond donors (Lipinski definition) is 1. The van der Waals surface area contributed by atoms with Gasteiger partial charge in [-0.05, 0) is 55.3 Å². The zero-order valence-corrected chi connectivity index (χ0v) is 12.4. The highest BCUT2D eigenvalue weighted by Gasteiger charge is 2.24. The number of aromatic nitrogens is 1. The Bertz CT molecular complexity index is 348. The van der Waals surface area contributed by atoms with E-state index in [0.29, 0.717) is 5.92 Å². The van der Waals surface area contributed by atoms with Gasteiger partial charge in [-0.25, -0.2) is 0 Å². The number of pyridine rings is 1. The molecule has 0 bridgehead atoms. The molecule has 0 aromatic carbocycles. The molecule has 2 unspecified atom stereocenters. The molecule has 1 aromatic rings. The molecule has 106 valence electrons. The van der Waals surface area contributed by atoms with Gasteiger partial charge in [0, 0.05) is 12.4 Å². The summed E-state index contributed by atoms with van der Waals surface area (Å²) < 4.78 is 0. The Morgan fingerprint density at radius 1 is 1.26 bits per heavy atom. The Labute approximate surface area is 118 Å². The quantitative estimate of drug-likeness (QED) is 0.810. The van der Waals surface area contributed by atoms with Gasteiger partial charge in [-0.15, -0.1) is 0 Å². The largest absolute Gasteiger partial charge is 0.316 e. The second kappa shape index (κ2) is 7.64. The molecule has 1 fully saturated rings. The molecule has 19 heavy (non-hydrogen) atoms. The molecular weight excluding hydrogens is 232 g/mol. The standard InChI is InChI=1S/C17H28N2/c1-14(2)11-19-13-15-7-4-3-5-9-17(15)16-8-6-10-18-12-16/h6,8,10,12,14-15,17,19H,3-5,7,9,11,13H2,1-2H3. The smallest absolute Gasteiger partial charge is 0.0302 e. The summed E-state index contributed by atoms with van der Waals surface area (Å²) in [6.07, 6.45) is 10.8. The van der Waals surface area contributed by atoms with Gasteiger partial charge in [-0.1, -0.05) is 39.2 Å². The average molecular weight is 260 g/mol. The molecule has 2 heteroatoms. The first-order valence-electron chi connectivity index (χ1n) is 7.88.